The molecular weight excluding hydrogens is 698 g/mol. The number of pyridine rings is 1. The maximum Gasteiger partial charge on any atom is 0.235 e. The van der Waals surface area contributed by atoms with E-state index in [4.69, 9.17) is 15.2 Å². The fraction of sp³-hybridized carbons (Fsp3) is 0.366. The van der Waals surface area contributed by atoms with Crippen molar-refractivity contribution in [3.05, 3.63) is 96.1 Å². The first-order valence-electron chi connectivity index (χ1n) is 19.2. The number of anilines is 3. The first-order chi connectivity index (χ1) is 26.9. The van der Waals surface area contributed by atoms with Crippen molar-refractivity contribution in [1.82, 2.24) is 39.6 Å². The van der Waals surface area contributed by atoms with Crippen molar-refractivity contribution in [2.75, 3.05) is 60.9 Å². The van der Waals surface area contributed by atoms with E-state index in [9.17, 15) is 14.0 Å². The highest BCUT2D eigenvalue weighted by Gasteiger charge is 2.32. The van der Waals surface area contributed by atoms with Gasteiger partial charge in [0.05, 0.1) is 40.7 Å². The number of imidazole rings is 1. The van der Waals surface area contributed by atoms with Crippen molar-refractivity contribution >= 4 is 45.7 Å². The first kappa shape index (κ1) is 34.9. The predicted molar refractivity (Wildman–Crippen MR) is 210 cm³/mol. The standard InChI is InChI=1S/C41H44FN11O2/c1-49-40-29(39(48-49)30-14-17-38(54)46-41(30)55)9-3-11-32(40)43-18-6-19-50-21-23-51(24-22-50)36-13-4-10-31(45-36)34-26-44-35-15-16-37(47-53(34)35)52-20-5-12-33(52)27-7-2-8-28(42)25-27/h2-4,7-11,13,15-16,25-26,30,33,43H,5-6,12,14,17-24H2,1H3,(H,46,54,55)/t30?,33-/m1/s1. The molecule has 0 aliphatic carbocycles. The minimum Gasteiger partial charge on any atom is -0.383 e. The van der Waals surface area contributed by atoms with Crippen molar-refractivity contribution < 1.29 is 14.0 Å². The van der Waals surface area contributed by atoms with Gasteiger partial charge >= 0.3 is 0 Å². The number of carbonyl (C=O) groups excluding carboxylic acids is 2. The molecule has 2 aromatic carbocycles. The number of nitrogens with zero attached hydrogens (tertiary/aromatic N) is 9. The Hall–Kier alpha value is -5.89. The molecule has 3 fully saturated rings. The molecule has 1 unspecified atom stereocenters. The van der Waals surface area contributed by atoms with Crippen LogP contribution in [0.3, 0.4) is 0 Å². The fourth-order valence-electron chi connectivity index (χ4n) is 8.48. The minimum atomic E-state index is -0.424. The van der Waals surface area contributed by atoms with E-state index in [1.165, 1.54) is 6.07 Å². The summed E-state index contributed by atoms with van der Waals surface area (Å²) in [6, 6.07) is 23.1. The molecule has 3 aliphatic rings. The Balaban J connectivity index is 0.815. The van der Waals surface area contributed by atoms with Gasteiger partial charge in [-0.3, -0.25) is 24.5 Å². The number of piperazine rings is 1. The summed E-state index contributed by atoms with van der Waals surface area (Å²) in [5.74, 6) is 0.649. The number of hydrogen-bond donors (Lipinski definition) is 2. The highest BCUT2D eigenvalue weighted by molar-refractivity contribution is 6.03. The van der Waals surface area contributed by atoms with Gasteiger partial charge in [0, 0.05) is 58.1 Å². The number of aromatic nitrogens is 6. The van der Waals surface area contributed by atoms with E-state index in [1.54, 1.807) is 12.1 Å². The fourth-order valence-corrected chi connectivity index (χ4v) is 8.48. The minimum absolute atomic E-state index is 0.0765. The summed E-state index contributed by atoms with van der Waals surface area (Å²) in [4.78, 5) is 41.1. The van der Waals surface area contributed by atoms with Gasteiger partial charge in [-0.05, 0) is 80.3 Å². The Morgan fingerprint density at radius 3 is 2.62 bits per heavy atom. The molecule has 4 aromatic heterocycles. The normalized spacial score (nSPS) is 19.5. The number of nitrogens with one attached hydrogen (secondary N) is 2. The molecule has 6 aromatic rings. The quantitative estimate of drug-likeness (QED) is 0.141. The van der Waals surface area contributed by atoms with Crippen LogP contribution in [0.4, 0.5) is 21.7 Å². The average Bonchev–Trinajstić information content (AvgIpc) is 3.95. The van der Waals surface area contributed by atoms with Crippen molar-refractivity contribution in [2.45, 2.75) is 44.1 Å². The third kappa shape index (κ3) is 6.86. The zero-order chi connectivity index (χ0) is 37.5. The van der Waals surface area contributed by atoms with Crippen LogP contribution in [0.5, 0.6) is 0 Å². The lowest BCUT2D eigenvalue weighted by Crippen LogP contribution is -2.47. The van der Waals surface area contributed by atoms with Gasteiger partial charge < -0.3 is 15.1 Å². The molecule has 2 amide bonds. The molecule has 55 heavy (non-hydrogen) atoms. The van der Waals surface area contributed by atoms with Gasteiger partial charge in [-0.1, -0.05) is 30.3 Å². The topological polar surface area (TPSA) is 129 Å². The van der Waals surface area contributed by atoms with Crippen LogP contribution in [-0.4, -0.2) is 91.9 Å². The molecule has 7 heterocycles. The zero-order valence-corrected chi connectivity index (χ0v) is 30.9. The molecule has 3 aliphatic heterocycles. The van der Waals surface area contributed by atoms with Gasteiger partial charge in [0.25, 0.3) is 0 Å². The lowest BCUT2D eigenvalue weighted by molar-refractivity contribution is -0.134. The van der Waals surface area contributed by atoms with Gasteiger partial charge in [0.15, 0.2) is 5.65 Å². The van der Waals surface area contributed by atoms with Gasteiger partial charge in [-0.15, -0.1) is 5.10 Å². The molecule has 0 spiro atoms. The van der Waals surface area contributed by atoms with E-state index in [0.29, 0.717) is 12.8 Å². The van der Waals surface area contributed by atoms with Crippen LogP contribution in [0.25, 0.3) is 27.9 Å². The van der Waals surface area contributed by atoms with Crippen LogP contribution in [-0.2, 0) is 16.6 Å². The number of carbonyl (C=O) groups is 2. The van der Waals surface area contributed by atoms with Crippen LogP contribution in [0.15, 0.2) is 79.0 Å². The van der Waals surface area contributed by atoms with Gasteiger partial charge in [-0.25, -0.2) is 18.9 Å². The monoisotopic (exact) mass is 741 g/mol. The van der Waals surface area contributed by atoms with Gasteiger partial charge in [0.1, 0.15) is 23.1 Å². The highest BCUT2D eigenvalue weighted by Crippen LogP contribution is 2.36. The average molecular weight is 742 g/mol. The second-order valence-corrected chi connectivity index (χ2v) is 14.7. The summed E-state index contributed by atoms with van der Waals surface area (Å²) < 4.78 is 17.8. The summed E-state index contributed by atoms with van der Waals surface area (Å²) in [7, 11) is 1.90. The third-order valence-corrected chi connectivity index (χ3v) is 11.3. The van der Waals surface area contributed by atoms with E-state index in [2.05, 4.69) is 48.5 Å². The first-order valence-corrected chi connectivity index (χ1v) is 19.2. The number of piperidine rings is 1. The van der Waals surface area contributed by atoms with E-state index in [-0.39, 0.29) is 23.7 Å². The van der Waals surface area contributed by atoms with Crippen LogP contribution in [0.2, 0.25) is 0 Å². The number of rotatable bonds is 10. The smallest absolute Gasteiger partial charge is 0.235 e. The summed E-state index contributed by atoms with van der Waals surface area (Å²) in [6.45, 7) is 6.30. The van der Waals surface area contributed by atoms with Crippen LogP contribution in [0.1, 0.15) is 55.3 Å². The van der Waals surface area contributed by atoms with Crippen molar-refractivity contribution in [3.8, 4) is 11.4 Å². The van der Waals surface area contributed by atoms with Crippen LogP contribution >= 0.6 is 0 Å². The summed E-state index contributed by atoms with van der Waals surface area (Å²) in [6.07, 6.45) is 5.59. The Kier molecular flexibility index (Phi) is 9.34. The molecule has 282 valence electrons. The van der Waals surface area contributed by atoms with E-state index in [0.717, 1.165) is 122 Å². The number of para-hydroxylation sites is 1. The summed E-state index contributed by atoms with van der Waals surface area (Å²) in [5, 5.41) is 16.8. The predicted octanol–water partition coefficient (Wildman–Crippen LogP) is 5.30. The molecule has 2 atom stereocenters. The summed E-state index contributed by atoms with van der Waals surface area (Å²) >= 11 is 0. The summed E-state index contributed by atoms with van der Waals surface area (Å²) in [5.41, 5.74) is 6.06. The van der Waals surface area contributed by atoms with Crippen molar-refractivity contribution in [1.29, 1.82) is 0 Å². The van der Waals surface area contributed by atoms with Crippen LogP contribution < -0.4 is 20.4 Å². The molecule has 0 radical (unpaired) electrons. The highest BCUT2D eigenvalue weighted by atomic mass is 19.1. The Bertz CT molecular complexity index is 2380. The maximum absolute atomic E-state index is 14.1. The maximum atomic E-state index is 14.1. The molecule has 3 saturated heterocycles. The zero-order valence-electron chi connectivity index (χ0n) is 30.9. The second-order valence-electron chi connectivity index (χ2n) is 14.7. The molecule has 14 heteroatoms. The molecule has 0 bridgehead atoms. The molecular formula is C41H44FN11O2. The number of hydrogen-bond acceptors (Lipinski definition) is 10. The molecule has 2 N–H and O–H groups in total. The van der Waals surface area contributed by atoms with Crippen molar-refractivity contribution in [3.63, 3.8) is 0 Å². The van der Waals surface area contributed by atoms with Gasteiger partial charge in [0.2, 0.25) is 11.8 Å². The lowest BCUT2D eigenvalue weighted by atomic mass is 9.92. The Labute approximate surface area is 318 Å². The third-order valence-electron chi connectivity index (χ3n) is 11.3. The van der Waals surface area contributed by atoms with E-state index in [1.807, 2.05) is 58.8 Å². The number of aryl methyl sites for hydroxylation is 1. The Morgan fingerprint density at radius 2 is 1.76 bits per heavy atom. The van der Waals surface area contributed by atoms with Crippen molar-refractivity contribution in [2.24, 2.45) is 7.05 Å². The second kappa shape index (κ2) is 14.7. The molecule has 9 rings (SSSR count). The Morgan fingerprint density at radius 1 is 0.909 bits per heavy atom. The molecule has 13 nitrogen and oxygen atoms in total. The van der Waals surface area contributed by atoms with E-state index < -0.39 is 5.92 Å². The lowest BCUT2D eigenvalue weighted by Gasteiger charge is -2.35. The number of amides is 2. The van der Waals surface area contributed by atoms with Crippen LogP contribution in [0, 0.1) is 5.82 Å². The van der Waals surface area contributed by atoms with E-state index >= 15 is 0 Å². The largest absolute Gasteiger partial charge is 0.383 e. The molecule has 0 saturated carbocycles. The number of fused-ring (bicyclic) bond motifs is 2. The SMILES string of the molecule is Cn1nc(C2CCC(=O)NC2=O)c2cccc(NCCCN3CCN(c4cccc(-c5cnc6ccc(N7CCC[C@@H]7c7cccc(F)c7)nn56)n4)CC3)c21. The number of benzene rings is 2. The van der Waals surface area contributed by atoms with Gasteiger partial charge in [-0.2, -0.15) is 5.10 Å². The number of halogens is 1. The number of imide groups is 1.